The number of carbonyl (C=O) groups is 1. The molecule has 1 N–H and O–H groups in total. The molecule has 0 fully saturated rings. The van der Waals surface area contributed by atoms with Gasteiger partial charge in [0.05, 0.1) is 11.4 Å². The molecule has 7 heteroatoms. The second-order valence-corrected chi connectivity index (χ2v) is 5.56. The number of carbonyl (C=O) groups excluding carboxylic acids is 1. The van der Waals surface area contributed by atoms with Gasteiger partial charge in [0, 0.05) is 10.1 Å². The highest BCUT2D eigenvalue weighted by Gasteiger charge is 2.16. The molecule has 6 nitrogen and oxygen atoms in total. The van der Waals surface area contributed by atoms with Crippen LogP contribution >= 0.6 is 15.9 Å². The Morgan fingerprint density at radius 3 is 2.76 bits per heavy atom. The largest absolute Gasteiger partial charge is 0.492 e. The predicted molar refractivity (Wildman–Crippen MR) is 81.1 cm³/mol. The number of aromatic hydroxyl groups is 1. The highest BCUT2D eigenvalue weighted by Crippen LogP contribution is 2.24. The summed E-state index contributed by atoms with van der Waals surface area (Å²) in [5.41, 5.74) is 2.23. The summed E-state index contributed by atoms with van der Waals surface area (Å²) < 4.78 is 2.21. The molecule has 0 unspecified atom stereocenters. The number of fused-ring (bicyclic) bond motifs is 1. The van der Waals surface area contributed by atoms with Crippen LogP contribution in [0.2, 0.25) is 0 Å². The first-order valence-corrected chi connectivity index (χ1v) is 6.99. The molecule has 2 heterocycles. The number of imidazole rings is 1. The zero-order valence-electron chi connectivity index (χ0n) is 11.3. The maximum atomic E-state index is 11.9. The Labute approximate surface area is 128 Å². The fourth-order valence-corrected chi connectivity index (χ4v) is 2.31. The van der Waals surface area contributed by atoms with Crippen LogP contribution in [0, 0.1) is 13.8 Å². The Bertz CT molecular complexity index is 861. The van der Waals surface area contributed by atoms with E-state index < -0.39 is 0 Å². The normalized spacial score (nSPS) is 16.8. The third-order valence-electron chi connectivity index (χ3n) is 3.16. The second-order valence-electron chi connectivity index (χ2n) is 4.64. The predicted octanol–water partition coefficient (Wildman–Crippen LogP) is 2.25. The number of aromatic nitrogens is 4. The van der Waals surface area contributed by atoms with Gasteiger partial charge in [-0.1, -0.05) is 15.9 Å². The van der Waals surface area contributed by atoms with Crippen LogP contribution in [0.1, 0.15) is 17.1 Å². The van der Waals surface area contributed by atoms with Crippen LogP contribution in [0.5, 0.6) is 5.88 Å². The van der Waals surface area contributed by atoms with Crippen molar-refractivity contribution in [3.05, 3.63) is 45.4 Å². The molecule has 0 bridgehead atoms. The zero-order valence-corrected chi connectivity index (χ0v) is 12.9. The minimum Gasteiger partial charge on any atom is -0.492 e. The number of rotatable bonds is 1. The lowest BCUT2D eigenvalue weighted by atomic mass is 10.1. The first-order valence-electron chi connectivity index (χ1n) is 6.20. The molecule has 21 heavy (non-hydrogen) atoms. The number of ketones is 1. The molecule has 3 rings (SSSR count). The molecule has 0 aliphatic heterocycles. The topological polar surface area (TPSA) is 80.4 Å². The van der Waals surface area contributed by atoms with Crippen LogP contribution in [-0.4, -0.2) is 30.5 Å². The van der Waals surface area contributed by atoms with Crippen LogP contribution in [0.4, 0.5) is 0 Å². The Morgan fingerprint density at radius 1 is 1.24 bits per heavy atom. The van der Waals surface area contributed by atoms with Gasteiger partial charge in [-0.3, -0.25) is 4.79 Å². The van der Waals surface area contributed by atoms with Crippen LogP contribution in [0.25, 0.3) is 11.9 Å². The van der Waals surface area contributed by atoms with Crippen molar-refractivity contribution < 1.29 is 9.90 Å². The molecule has 0 radical (unpaired) electrons. The zero-order chi connectivity index (χ0) is 15.1. The number of aryl methyl sites for hydroxylation is 2. The van der Waals surface area contributed by atoms with E-state index in [0.717, 1.165) is 15.9 Å². The number of hydrogen-bond acceptors (Lipinski definition) is 5. The van der Waals surface area contributed by atoms with E-state index >= 15 is 0 Å². The number of halogens is 1. The average molecular weight is 347 g/mol. The lowest BCUT2D eigenvalue weighted by Gasteiger charge is -2.04. The van der Waals surface area contributed by atoms with E-state index in [4.69, 9.17) is 0 Å². The summed E-state index contributed by atoms with van der Waals surface area (Å²) in [6.45, 7) is 3.64. The van der Waals surface area contributed by atoms with E-state index in [-0.39, 0.29) is 11.7 Å². The van der Waals surface area contributed by atoms with Gasteiger partial charge in [-0.15, -0.1) is 0 Å². The van der Waals surface area contributed by atoms with E-state index in [1.807, 2.05) is 13.8 Å². The molecule has 0 saturated carbocycles. The minimum atomic E-state index is -0.209. The smallest absolute Gasteiger partial charge is 0.254 e. The Balaban J connectivity index is 2.21. The van der Waals surface area contributed by atoms with Gasteiger partial charge in [-0.05, 0) is 38.2 Å². The fourth-order valence-electron chi connectivity index (χ4n) is 1.93. The molecule has 0 saturated heterocycles. The van der Waals surface area contributed by atoms with Crippen LogP contribution < -0.4 is 0 Å². The first kappa shape index (κ1) is 13.7. The number of nitrogens with zero attached hydrogens (tertiary/aromatic N) is 4. The van der Waals surface area contributed by atoms with Crippen molar-refractivity contribution >= 4 is 33.6 Å². The standard InChI is InChI=1S/C14H11BrN4O2/c1-7-8(2)18-19-11(13(21)17-14(19)16-7)6-9-5-10(15)3-4-12(9)20/h3-6,21H,1-2H3. The van der Waals surface area contributed by atoms with E-state index in [2.05, 4.69) is 31.0 Å². The van der Waals surface area contributed by atoms with Crippen molar-refractivity contribution in [1.82, 2.24) is 19.6 Å². The van der Waals surface area contributed by atoms with Gasteiger partial charge < -0.3 is 5.11 Å². The molecule has 0 spiro atoms. The SMILES string of the molecule is Cc1nc2nc(O)c(C=C3C=C(Br)C=CC3=O)n2nc1C. The summed E-state index contributed by atoms with van der Waals surface area (Å²) in [6.07, 6.45) is 6.35. The van der Waals surface area contributed by atoms with Gasteiger partial charge in [0.1, 0.15) is 5.69 Å². The molecule has 1 aliphatic rings. The number of hydrogen-bond donors (Lipinski definition) is 1. The molecule has 0 amide bonds. The quantitative estimate of drug-likeness (QED) is 0.801. The molecule has 106 valence electrons. The fraction of sp³-hybridized carbons (Fsp3) is 0.143. The lowest BCUT2D eigenvalue weighted by molar-refractivity contribution is -0.111. The maximum Gasteiger partial charge on any atom is 0.254 e. The van der Waals surface area contributed by atoms with Crippen molar-refractivity contribution in [1.29, 1.82) is 0 Å². The lowest BCUT2D eigenvalue weighted by Crippen LogP contribution is -2.04. The van der Waals surface area contributed by atoms with Crippen LogP contribution in [0.3, 0.4) is 0 Å². The number of allylic oxidation sites excluding steroid dienone is 5. The van der Waals surface area contributed by atoms with Crippen LogP contribution in [-0.2, 0) is 4.79 Å². The van der Waals surface area contributed by atoms with Gasteiger partial charge in [0.15, 0.2) is 5.78 Å². The third kappa shape index (κ3) is 2.40. The van der Waals surface area contributed by atoms with Gasteiger partial charge >= 0.3 is 0 Å². The summed E-state index contributed by atoms with van der Waals surface area (Å²) in [6, 6.07) is 0. The van der Waals surface area contributed by atoms with Gasteiger partial charge in [0.2, 0.25) is 5.88 Å². The van der Waals surface area contributed by atoms with Crippen molar-refractivity contribution in [2.24, 2.45) is 0 Å². The molecule has 0 aromatic carbocycles. The van der Waals surface area contributed by atoms with Crippen molar-refractivity contribution in [2.75, 3.05) is 0 Å². The summed E-state index contributed by atoms with van der Waals surface area (Å²) in [7, 11) is 0. The van der Waals surface area contributed by atoms with Gasteiger partial charge in [-0.2, -0.15) is 14.6 Å². The highest BCUT2D eigenvalue weighted by molar-refractivity contribution is 9.11. The van der Waals surface area contributed by atoms with E-state index in [1.54, 1.807) is 18.2 Å². The van der Waals surface area contributed by atoms with Crippen LogP contribution in [0.15, 0.2) is 28.3 Å². The Kier molecular flexibility index (Phi) is 3.21. The molecule has 1 aliphatic carbocycles. The van der Waals surface area contributed by atoms with Gasteiger partial charge in [0.25, 0.3) is 5.78 Å². The molecular weight excluding hydrogens is 336 g/mol. The first-order chi connectivity index (χ1) is 9.95. The third-order valence-corrected chi connectivity index (χ3v) is 3.65. The van der Waals surface area contributed by atoms with Crippen molar-refractivity contribution in [3.8, 4) is 5.88 Å². The highest BCUT2D eigenvalue weighted by atomic mass is 79.9. The molecular formula is C14H11BrN4O2. The maximum absolute atomic E-state index is 11.9. The molecule has 0 atom stereocenters. The summed E-state index contributed by atoms with van der Waals surface area (Å²) in [5.74, 6) is -0.0620. The van der Waals surface area contributed by atoms with Gasteiger partial charge in [-0.25, -0.2) is 4.98 Å². The van der Waals surface area contributed by atoms with E-state index in [0.29, 0.717) is 17.0 Å². The summed E-state index contributed by atoms with van der Waals surface area (Å²) >= 11 is 3.32. The van der Waals surface area contributed by atoms with E-state index in [1.165, 1.54) is 10.6 Å². The Morgan fingerprint density at radius 2 is 2.00 bits per heavy atom. The molecule has 2 aromatic heterocycles. The monoisotopic (exact) mass is 346 g/mol. The molecule has 2 aromatic rings. The summed E-state index contributed by atoms with van der Waals surface area (Å²) in [4.78, 5) is 20.1. The second kappa shape index (κ2) is 4.92. The summed E-state index contributed by atoms with van der Waals surface area (Å²) in [5, 5.41) is 14.3. The minimum absolute atomic E-state index is 0.149. The average Bonchev–Trinajstić information content (AvgIpc) is 2.71. The van der Waals surface area contributed by atoms with Crippen molar-refractivity contribution in [2.45, 2.75) is 13.8 Å². The Hall–Kier alpha value is -2.28. The van der Waals surface area contributed by atoms with E-state index in [9.17, 15) is 9.90 Å². The van der Waals surface area contributed by atoms with Crippen molar-refractivity contribution in [3.63, 3.8) is 0 Å².